The molecule has 0 aliphatic rings. The number of carbonyl (C=O) groups excluding carboxylic acids is 1. The van der Waals surface area contributed by atoms with E-state index in [9.17, 15) is 9.59 Å². The van der Waals surface area contributed by atoms with Gasteiger partial charge in [0.1, 0.15) is 10.5 Å². The van der Waals surface area contributed by atoms with Crippen LogP contribution in [0.2, 0.25) is 0 Å². The zero-order valence-corrected chi connectivity index (χ0v) is 17.3. The second-order valence-corrected chi connectivity index (χ2v) is 8.08. The number of aromatic amines is 1. The van der Waals surface area contributed by atoms with Gasteiger partial charge >= 0.3 is 0 Å². The van der Waals surface area contributed by atoms with E-state index in [2.05, 4.69) is 44.8 Å². The molecule has 3 rings (SSSR count). The highest BCUT2D eigenvalue weighted by atomic mass is 127. The third-order valence-corrected chi connectivity index (χ3v) is 5.39. The van der Waals surface area contributed by atoms with Crippen LogP contribution in [-0.2, 0) is 11.3 Å². The number of nitrogens with zero attached hydrogens (tertiary/aromatic N) is 2. The summed E-state index contributed by atoms with van der Waals surface area (Å²) in [6.07, 6.45) is 0.905. The summed E-state index contributed by atoms with van der Waals surface area (Å²) in [5, 5.41) is 4.76. The Kier molecular flexibility index (Phi) is 6.38. The van der Waals surface area contributed by atoms with Gasteiger partial charge in [0, 0.05) is 9.26 Å². The molecule has 0 aliphatic carbocycles. The molecule has 0 bridgehead atoms. The van der Waals surface area contributed by atoms with Crippen molar-refractivity contribution in [2.45, 2.75) is 19.9 Å². The summed E-state index contributed by atoms with van der Waals surface area (Å²) in [5.41, 5.74) is 1.35. The number of nitrogens with one attached hydrogen (secondary N) is 2. The zero-order chi connectivity index (χ0) is 18.5. The number of amides is 1. The van der Waals surface area contributed by atoms with Crippen molar-refractivity contribution in [1.82, 2.24) is 14.9 Å². The van der Waals surface area contributed by atoms with Gasteiger partial charge in [-0.2, -0.15) is 0 Å². The van der Waals surface area contributed by atoms with Crippen molar-refractivity contribution in [1.29, 1.82) is 0 Å². The van der Waals surface area contributed by atoms with Crippen LogP contribution in [0.4, 0.5) is 5.69 Å². The fraction of sp³-hybridized carbons (Fsp3) is 0.278. The van der Waals surface area contributed by atoms with Gasteiger partial charge in [0.2, 0.25) is 5.91 Å². The van der Waals surface area contributed by atoms with E-state index in [1.165, 1.54) is 11.3 Å². The maximum absolute atomic E-state index is 12.4. The minimum absolute atomic E-state index is 0.0846. The smallest absolute Gasteiger partial charge is 0.268 e. The third kappa shape index (κ3) is 4.89. The van der Waals surface area contributed by atoms with Crippen molar-refractivity contribution < 1.29 is 4.79 Å². The highest BCUT2D eigenvalue weighted by molar-refractivity contribution is 14.1. The average Bonchev–Trinajstić information content (AvgIpc) is 3.06. The lowest BCUT2D eigenvalue weighted by Gasteiger charge is -2.20. The van der Waals surface area contributed by atoms with Crippen LogP contribution in [-0.4, -0.2) is 33.9 Å². The summed E-state index contributed by atoms with van der Waals surface area (Å²) in [7, 11) is 0. The standard InChI is InChI=1S/C18H19IN4O2S/c1-2-8-23(11-16(24)20-13-5-3-12(19)4-6-13)10-15-21-14-7-9-26-17(14)18(25)22-15/h3-7,9H,2,8,10-11H2,1H3,(H,20,24)(H,21,22,25). The van der Waals surface area contributed by atoms with Gasteiger partial charge in [-0.05, 0) is 71.3 Å². The molecule has 0 spiro atoms. The van der Waals surface area contributed by atoms with E-state index in [-0.39, 0.29) is 18.0 Å². The molecule has 136 valence electrons. The quantitative estimate of drug-likeness (QED) is 0.506. The summed E-state index contributed by atoms with van der Waals surface area (Å²) in [6, 6.07) is 9.50. The summed E-state index contributed by atoms with van der Waals surface area (Å²) >= 11 is 3.61. The average molecular weight is 482 g/mol. The summed E-state index contributed by atoms with van der Waals surface area (Å²) in [6.45, 7) is 3.47. The molecule has 26 heavy (non-hydrogen) atoms. The molecule has 0 fully saturated rings. The van der Waals surface area contributed by atoms with E-state index in [1.54, 1.807) is 0 Å². The van der Waals surface area contributed by atoms with Crippen molar-refractivity contribution >= 4 is 55.7 Å². The maximum Gasteiger partial charge on any atom is 0.268 e. The topological polar surface area (TPSA) is 78.1 Å². The Morgan fingerprint density at radius 2 is 2.08 bits per heavy atom. The lowest BCUT2D eigenvalue weighted by atomic mass is 10.3. The number of carbonyl (C=O) groups is 1. The predicted molar refractivity (Wildman–Crippen MR) is 114 cm³/mol. The first kappa shape index (κ1) is 19.0. The molecule has 2 N–H and O–H groups in total. The fourth-order valence-corrected chi connectivity index (χ4v) is 3.76. The van der Waals surface area contributed by atoms with E-state index in [1.807, 2.05) is 40.6 Å². The number of hydrogen-bond donors (Lipinski definition) is 2. The van der Waals surface area contributed by atoms with Crippen LogP contribution in [0.3, 0.4) is 0 Å². The van der Waals surface area contributed by atoms with E-state index >= 15 is 0 Å². The number of thiophene rings is 1. The summed E-state index contributed by atoms with van der Waals surface area (Å²) in [4.78, 5) is 33.8. The normalized spacial score (nSPS) is 11.2. The largest absolute Gasteiger partial charge is 0.325 e. The van der Waals surface area contributed by atoms with Crippen LogP contribution >= 0.6 is 33.9 Å². The molecule has 3 aromatic rings. The number of anilines is 1. The van der Waals surface area contributed by atoms with E-state index in [0.717, 1.165) is 22.2 Å². The molecule has 2 aromatic heterocycles. The molecule has 0 radical (unpaired) electrons. The number of fused-ring (bicyclic) bond motifs is 1. The van der Waals surface area contributed by atoms with Gasteiger partial charge in [-0.15, -0.1) is 11.3 Å². The first-order valence-electron chi connectivity index (χ1n) is 8.29. The fourth-order valence-electron chi connectivity index (χ4n) is 2.68. The van der Waals surface area contributed by atoms with Crippen LogP contribution < -0.4 is 10.9 Å². The van der Waals surface area contributed by atoms with Gasteiger partial charge in [0.25, 0.3) is 5.56 Å². The molecule has 0 saturated carbocycles. The van der Waals surface area contributed by atoms with Crippen molar-refractivity contribution in [3.63, 3.8) is 0 Å². The third-order valence-electron chi connectivity index (χ3n) is 3.77. The van der Waals surface area contributed by atoms with Crippen molar-refractivity contribution in [2.24, 2.45) is 0 Å². The van der Waals surface area contributed by atoms with Crippen LogP contribution in [0, 0.1) is 3.57 Å². The minimum Gasteiger partial charge on any atom is -0.325 e. The number of aromatic nitrogens is 2. The van der Waals surface area contributed by atoms with Crippen LogP contribution in [0.25, 0.3) is 10.2 Å². The molecule has 6 nitrogen and oxygen atoms in total. The van der Waals surface area contributed by atoms with Crippen LogP contribution in [0.5, 0.6) is 0 Å². The molecule has 8 heteroatoms. The van der Waals surface area contributed by atoms with Crippen LogP contribution in [0.1, 0.15) is 19.2 Å². The predicted octanol–water partition coefficient (Wildman–Crippen LogP) is 3.44. The zero-order valence-electron chi connectivity index (χ0n) is 14.3. The van der Waals surface area contributed by atoms with E-state index in [0.29, 0.717) is 22.6 Å². The van der Waals surface area contributed by atoms with E-state index in [4.69, 9.17) is 0 Å². The van der Waals surface area contributed by atoms with Crippen molar-refractivity contribution in [3.8, 4) is 0 Å². The highest BCUT2D eigenvalue weighted by Crippen LogP contribution is 2.14. The Hall–Kier alpha value is -1.78. The molecule has 2 heterocycles. The number of H-pyrrole nitrogens is 1. The van der Waals surface area contributed by atoms with Gasteiger partial charge < -0.3 is 10.3 Å². The monoisotopic (exact) mass is 482 g/mol. The van der Waals surface area contributed by atoms with Gasteiger partial charge in [-0.1, -0.05) is 6.92 Å². The number of halogens is 1. The Bertz CT molecular complexity index is 952. The SMILES string of the molecule is CCCN(CC(=O)Nc1ccc(I)cc1)Cc1nc2ccsc2c(=O)[nH]1. The first-order valence-corrected chi connectivity index (χ1v) is 10.2. The second kappa shape index (κ2) is 8.74. The summed E-state index contributed by atoms with van der Waals surface area (Å²) < 4.78 is 1.75. The molecule has 0 aliphatic heterocycles. The van der Waals surface area contributed by atoms with Gasteiger partial charge in [0.15, 0.2) is 0 Å². The lowest BCUT2D eigenvalue weighted by Crippen LogP contribution is -2.34. The van der Waals surface area contributed by atoms with Gasteiger partial charge in [-0.25, -0.2) is 4.98 Å². The van der Waals surface area contributed by atoms with Crippen molar-refractivity contribution in [3.05, 3.63) is 55.5 Å². The molecular formula is C18H19IN4O2S. The molecule has 0 unspecified atom stereocenters. The highest BCUT2D eigenvalue weighted by Gasteiger charge is 2.13. The summed E-state index contributed by atoms with van der Waals surface area (Å²) in [5.74, 6) is 0.495. The molecular weight excluding hydrogens is 463 g/mol. The number of hydrogen-bond acceptors (Lipinski definition) is 5. The lowest BCUT2D eigenvalue weighted by molar-refractivity contribution is -0.117. The number of rotatable bonds is 7. The minimum atomic E-state index is -0.125. The maximum atomic E-state index is 12.4. The molecule has 1 aromatic carbocycles. The van der Waals surface area contributed by atoms with Gasteiger partial charge in [0.05, 0.1) is 18.6 Å². The van der Waals surface area contributed by atoms with E-state index < -0.39 is 0 Å². The van der Waals surface area contributed by atoms with Crippen molar-refractivity contribution in [2.75, 3.05) is 18.4 Å². The Morgan fingerprint density at radius 3 is 2.81 bits per heavy atom. The van der Waals surface area contributed by atoms with Crippen LogP contribution in [0.15, 0.2) is 40.5 Å². The Morgan fingerprint density at radius 1 is 1.31 bits per heavy atom. The Balaban J connectivity index is 1.68. The molecule has 0 atom stereocenters. The number of benzene rings is 1. The first-order chi connectivity index (χ1) is 12.5. The second-order valence-electron chi connectivity index (χ2n) is 5.91. The van der Waals surface area contributed by atoms with Gasteiger partial charge in [-0.3, -0.25) is 14.5 Å². The molecule has 1 amide bonds. The molecule has 0 saturated heterocycles. The Labute approximate surface area is 168 Å².